The Labute approximate surface area is 122 Å². The molecule has 4 nitrogen and oxygen atoms in total. The van der Waals surface area contributed by atoms with Gasteiger partial charge < -0.3 is 5.32 Å². The third-order valence-corrected chi connectivity index (χ3v) is 3.01. The largest absolute Gasteiger partial charge is 0.435 e. The van der Waals surface area contributed by atoms with Crippen molar-refractivity contribution in [2.75, 3.05) is 6.54 Å². The average molecular weight is 349 g/mol. The smallest absolute Gasteiger partial charge is 0.313 e. The number of nitrogens with one attached hydrogen (secondary N) is 1. The molecule has 0 saturated heterocycles. The van der Waals surface area contributed by atoms with Crippen LogP contribution in [0.25, 0.3) is 5.82 Å². The number of pyridine rings is 1. The van der Waals surface area contributed by atoms with Crippen LogP contribution in [-0.4, -0.2) is 21.3 Å². The molecule has 0 aliphatic heterocycles. The highest BCUT2D eigenvalue weighted by molar-refractivity contribution is 9.10. The molecular formula is C12H12BrF3N4. The van der Waals surface area contributed by atoms with Crippen LogP contribution >= 0.6 is 15.9 Å². The number of halogens is 4. The number of nitrogens with zero attached hydrogens (tertiary/aromatic N) is 3. The second-order valence-electron chi connectivity index (χ2n) is 4.06. The fraction of sp³-hybridized carbons (Fsp3) is 0.333. The molecule has 0 bridgehead atoms. The maximum absolute atomic E-state index is 12.6. The summed E-state index contributed by atoms with van der Waals surface area (Å²) in [6.45, 7) is 3.19. The summed E-state index contributed by atoms with van der Waals surface area (Å²) >= 11 is 3.30. The lowest BCUT2D eigenvalue weighted by Crippen LogP contribution is -2.15. The summed E-state index contributed by atoms with van der Waals surface area (Å²) in [6, 6.07) is 2.74. The van der Waals surface area contributed by atoms with E-state index < -0.39 is 11.9 Å². The van der Waals surface area contributed by atoms with Gasteiger partial charge in [0.1, 0.15) is 0 Å². The van der Waals surface area contributed by atoms with Crippen LogP contribution in [0.5, 0.6) is 0 Å². The molecule has 0 unspecified atom stereocenters. The van der Waals surface area contributed by atoms with Crippen molar-refractivity contribution in [3.63, 3.8) is 0 Å². The first-order chi connectivity index (χ1) is 9.41. The molecule has 1 N–H and O–H groups in total. The third-order valence-electron chi connectivity index (χ3n) is 2.57. The topological polar surface area (TPSA) is 42.7 Å². The Balaban J connectivity index is 2.39. The monoisotopic (exact) mass is 348 g/mol. The molecule has 2 rings (SSSR count). The standard InChI is InChI=1S/C12H12BrF3N4/c1-2-17-6-8-5-9(13)7-18-11(8)20-4-3-10(19-20)12(14,15)16/h3-5,7,17H,2,6H2,1H3. The van der Waals surface area contributed by atoms with Gasteiger partial charge in [0.25, 0.3) is 0 Å². The van der Waals surface area contributed by atoms with E-state index in [0.29, 0.717) is 12.4 Å². The van der Waals surface area contributed by atoms with Crippen LogP contribution in [0.2, 0.25) is 0 Å². The zero-order valence-electron chi connectivity index (χ0n) is 10.6. The van der Waals surface area contributed by atoms with Crippen LogP contribution in [0.1, 0.15) is 18.2 Å². The zero-order valence-corrected chi connectivity index (χ0v) is 12.2. The molecule has 2 aromatic heterocycles. The number of alkyl halides is 3. The Morgan fingerprint density at radius 1 is 1.40 bits per heavy atom. The van der Waals surface area contributed by atoms with Gasteiger partial charge >= 0.3 is 6.18 Å². The molecule has 0 fully saturated rings. The Kier molecular flexibility index (Phi) is 4.44. The molecule has 0 saturated carbocycles. The summed E-state index contributed by atoms with van der Waals surface area (Å²) in [5, 5.41) is 6.65. The van der Waals surface area contributed by atoms with Gasteiger partial charge in [-0.2, -0.15) is 18.3 Å². The van der Waals surface area contributed by atoms with Gasteiger partial charge in [-0.25, -0.2) is 9.67 Å². The van der Waals surface area contributed by atoms with E-state index in [-0.39, 0.29) is 0 Å². The minimum absolute atomic E-state index is 0.379. The number of rotatable bonds is 4. The first-order valence-electron chi connectivity index (χ1n) is 5.90. The lowest BCUT2D eigenvalue weighted by atomic mass is 10.2. The van der Waals surface area contributed by atoms with Gasteiger partial charge in [0.05, 0.1) is 0 Å². The molecule has 2 heterocycles. The van der Waals surface area contributed by atoms with Crippen LogP contribution in [-0.2, 0) is 12.7 Å². The predicted octanol–water partition coefficient (Wildman–Crippen LogP) is 3.16. The van der Waals surface area contributed by atoms with Crippen LogP contribution in [0.3, 0.4) is 0 Å². The molecule has 0 aliphatic rings. The van der Waals surface area contributed by atoms with Crippen molar-refractivity contribution < 1.29 is 13.2 Å². The third kappa shape index (κ3) is 3.37. The van der Waals surface area contributed by atoms with Crippen molar-refractivity contribution in [3.05, 3.63) is 40.3 Å². The molecule has 0 aliphatic carbocycles. The van der Waals surface area contributed by atoms with Gasteiger partial charge in [-0.3, -0.25) is 0 Å². The summed E-state index contributed by atoms with van der Waals surface area (Å²) in [5.74, 6) is 0.379. The number of aromatic nitrogens is 3. The summed E-state index contributed by atoms with van der Waals surface area (Å²) < 4.78 is 39.6. The van der Waals surface area contributed by atoms with E-state index in [1.807, 2.05) is 6.92 Å². The quantitative estimate of drug-likeness (QED) is 0.922. The Morgan fingerprint density at radius 2 is 2.15 bits per heavy atom. The normalized spacial score (nSPS) is 11.8. The zero-order chi connectivity index (χ0) is 14.8. The van der Waals surface area contributed by atoms with Gasteiger partial charge in [-0.1, -0.05) is 6.92 Å². The number of hydrogen-bond donors (Lipinski definition) is 1. The highest BCUT2D eigenvalue weighted by atomic mass is 79.9. The Morgan fingerprint density at radius 3 is 2.75 bits per heavy atom. The Hall–Kier alpha value is -1.41. The van der Waals surface area contributed by atoms with Crippen molar-refractivity contribution in [3.8, 4) is 5.82 Å². The second-order valence-corrected chi connectivity index (χ2v) is 4.98. The first kappa shape index (κ1) is 15.0. The fourth-order valence-corrected chi connectivity index (χ4v) is 2.04. The van der Waals surface area contributed by atoms with Crippen molar-refractivity contribution in [1.29, 1.82) is 0 Å². The first-order valence-corrected chi connectivity index (χ1v) is 6.69. The molecule has 20 heavy (non-hydrogen) atoms. The van der Waals surface area contributed by atoms with Crippen molar-refractivity contribution in [2.24, 2.45) is 0 Å². The van der Waals surface area contributed by atoms with E-state index in [1.165, 1.54) is 12.4 Å². The Bertz CT molecular complexity index is 595. The van der Waals surface area contributed by atoms with E-state index in [2.05, 4.69) is 31.3 Å². The summed E-state index contributed by atoms with van der Waals surface area (Å²) in [7, 11) is 0. The molecule has 0 radical (unpaired) electrons. The van der Waals surface area contributed by atoms with Gasteiger partial charge in [-0.05, 0) is 34.6 Å². The van der Waals surface area contributed by atoms with E-state index >= 15 is 0 Å². The van der Waals surface area contributed by atoms with E-state index in [0.717, 1.165) is 27.3 Å². The number of hydrogen-bond acceptors (Lipinski definition) is 3. The molecule has 108 valence electrons. The molecule has 0 amide bonds. The summed E-state index contributed by atoms with van der Waals surface area (Å²) in [6.07, 6.45) is -1.67. The fourth-order valence-electron chi connectivity index (χ4n) is 1.66. The van der Waals surface area contributed by atoms with Crippen LogP contribution in [0.15, 0.2) is 29.0 Å². The lowest BCUT2D eigenvalue weighted by molar-refractivity contribution is -0.141. The van der Waals surface area contributed by atoms with Crippen LogP contribution < -0.4 is 5.32 Å². The highest BCUT2D eigenvalue weighted by Crippen LogP contribution is 2.28. The van der Waals surface area contributed by atoms with Crippen LogP contribution in [0, 0.1) is 0 Å². The average Bonchev–Trinajstić information content (AvgIpc) is 2.85. The molecular weight excluding hydrogens is 337 g/mol. The highest BCUT2D eigenvalue weighted by Gasteiger charge is 2.33. The van der Waals surface area contributed by atoms with Crippen molar-refractivity contribution in [2.45, 2.75) is 19.6 Å². The molecule has 0 spiro atoms. The maximum Gasteiger partial charge on any atom is 0.435 e. The molecule has 8 heteroatoms. The summed E-state index contributed by atoms with van der Waals surface area (Å²) in [5.41, 5.74) is -0.172. The van der Waals surface area contributed by atoms with Crippen molar-refractivity contribution >= 4 is 15.9 Å². The van der Waals surface area contributed by atoms with Gasteiger partial charge in [-0.15, -0.1) is 0 Å². The SMILES string of the molecule is CCNCc1cc(Br)cnc1-n1ccc(C(F)(F)F)n1. The van der Waals surface area contributed by atoms with E-state index in [1.54, 1.807) is 6.07 Å². The minimum Gasteiger partial charge on any atom is -0.313 e. The minimum atomic E-state index is -4.46. The van der Waals surface area contributed by atoms with Crippen molar-refractivity contribution in [1.82, 2.24) is 20.1 Å². The van der Waals surface area contributed by atoms with Crippen LogP contribution in [0.4, 0.5) is 13.2 Å². The van der Waals surface area contributed by atoms with Gasteiger partial charge in [0.15, 0.2) is 11.5 Å². The van der Waals surface area contributed by atoms with E-state index in [9.17, 15) is 13.2 Å². The maximum atomic E-state index is 12.6. The molecule has 0 atom stereocenters. The second kappa shape index (κ2) is 5.92. The lowest BCUT2D eigenvalue weighted by Gasteiger charge is -2.09. The van der Waals surface area contributed by atoms with Gasteiger partial charge in [0.2, 0.25) is 0 Å². The van der Waals surface area contributed by atoms with E-state index in [4.69, 9.17) is 0 Å². The van der Waals surface area contributed by atoms with Gasteiger partial charge in [0, 0.05) is 29.0 Å². The molecule has 0 aromatic carbocycles. The summed E-state index contributed by atoms with van der Waals surface area (Å²) in [4.78, 5) is 4.14. The predicted molar refractivity (Wildman–Crippen MR) is 71.4 cm³/mol. The molecule has 2 aromatic rings.